The van der Waals surface area contributed by atoms with Gasteiger partial charge in [-0.15, -0.1) is 0 Å². The number of fused-ring (bicyclic) bond motifs is 1. The number of rotatable bonds is 6. The number of benzene rings is 1. The minimum Gasteiger partial charge on any atom is -0.493 e. The highest BCUT2D eigenvalue weighted by Gasteiger charge is 2.32. The largest absolute Gasteiger partial charge is 0.493 e. The second-order valence-corrected chi connectivity index (χ2v) is 8.56. The van der Waals surface area contributed by atoms with Crippen LogP contribution in [0, 0.1) is 18.3 Å². The van der Waals surface area contributed by atoms with Crippen molar-refractivity contribution < 1.29 is 9.53 Å². The Kier molecular flexibility index (Phi) is 5.88. The summed E-state index contributed by atoms with van der Waals surface area (Å²) >= 11 is 0. The van der Waals surface area contributed by atoms with E-state index >= 15 is 0 Å². The molecule has 1 aromatic heterocycles. The van der Waals surface area contributed by atoms with Crippen LogP contribution >= 0.6 is 0 Å². The van der Waals surface area contributed by atoms with Crippen LogP contribution in [0.1, 0.15) is 60.9 Å². The molecule has 2 N–H and O–H groups in total. The molecular formula is C22H31N3O2. The molecule has 5 heteroatoms. The van der Waals surface area contributed by atoms with E-state index in [-0.39, 0.29) is 11.3 Å². The lowest BCUT2D eigenvalue weighted by Crippen LogP contribution is -2.30. The maximum atomic E-state index is 12.6. The fourth-order valence-electron chi connectivity index (χ4n) is 3.68. The minimum atomic E-state index is -0.0852. The molecule has 1 aliphatic carbocycles. The lowest BCUT2D eigenvalue weighted by Gasteiger charge is -2.33. The van der Waals surface area contributed by atoms with Crippen LogP contribution in [0.25, 0.3) is 0 Å². The topological polar surface area (TPSA) is 67.0 Å². The highest BCUT2D eigenvalue weighted by Crippen LogP contribution is 2.37. The number of carbonyl (C=O) groups is 1. The molecule has 0 aliphatic heterocycles. The van der Waals surface area contributed by atoms with Gasteiger partial charge in [-0.2, -0.15) is 5.10 Å². The molecule has 1 heterocycles. The zero-order valence-electron chi connectivity index (χ0n) is 16.9. The van der Waals surface area contributed by atoms with E-state index < -0.39 is 0 Å². The van der Waals surface area contributed by atoms with Crippen molar-refractivity contribution in [1.82, 2.24) is 15.5 Å². The van der Waals surface area contributed by atoms with Crippen molar-refractivity contribution in [1.29, 1.82) is 0 Å². The number of aryl methyl sites for hydroxylation is 2. The number of nitrogens with zero attached hydrogens (tertiary/aromatic N) is 1. The maximum Gasteiger partial charge on any atom is 0.272 e. The summed E-state index contributed by atoms with van der Waals surface area (Å²) in [6.07, 6.45) is 3.81. The summed E-state index contributed by atoms with van der Waals surface area (Å²) in [6, 6.07) is 7.96. The molecule has 0 fully saturated rings. The van der Waals surface area contributed by atoms with E-state index in [1.54, 1.807) is 0 Å². The van der Waals surface area contributed by atoms with Gasteiger partial charge in [0, 0.05) is 17.8 Å². The zero-order chi connectivity index (χ0) is 19.4. The third-order valence-electron chi connectivity index (χ3n) is 5.54. The summed E-state index contributed by atoms with van der Waals surface area (Å²) < 4.78 is 5.78. The van der Waals surface area contributed by atoms with E-state index in [0.717, 1.165) is 48.3 Å². The van der Waals surface area contributed by atoms with Gasteiger partial charge in [-0.3, -0.25) is 9.89 Å². The van der Waals surface area contributed by atoms with Crippen LogP contribution in [0.15, 0.2) is 24.3 Å². The molecular weight excluding hydrogens is 338 g/mol. The van der Waals surface area contributed by atoms with Crippen LogP contribution in [0.5, 0.6) is 5.75 Å². The first-order valence-corrected chi connectivity index (χ1v) is 9.89. The first-order chi connectivity index (χ1) is 12.9. The van der Waals surface area contributed by atoms with Gasteiger partial charge in [-0.05, 0) is 55.6 Å². The highest BCUT2D eigenvalue weighted by molar-refractivity contribution is 5.94. The molecule has 1 unspecified atom stereocenters. The van der Waals surface area contributed by atoms with Gasteiger partial charge in [0.05, 0.1) is 6.61 Å². The Hall–Kier alpha value is -2.30. The lowest BCUT2D eigenvalue weighted by atomic mass is 9.71. The number of amides is 1. The molecule has 5 nitrogen and oxygen atoms in total. The molecule has 3 rings (SSSR count). The van der Waals surface area contributed by atoms with Gasteiger partial charge in [-0.25, -0.2) is 0 Å². The fourth-order valence-corrected chi connectivity index (χ4v) is 3.68. The second kappa shape index (κ2) is 8.15. The van der Waals surface area contributed by atoms with Gasteiger partial charge in [0.2, 0.25) is 0 Å². The molecule has 0 bridgehead atoms. The van der Waals surface area contributed by atoms with Crippen LogP contribution < -0.4 is 10.1 Å². The third kappa shape index (κ3) is 4.71. The summed E-state index contributed by atoms with van der Waals surface area (Å²) in [5.74, 6) is 1.40. The molecule has 146 valence electrons. The average molecular weight is 370 g/mol. The summed E-state index contributed by atoms with van der Waals surface area (Å²) in [4.78, 5) is 12.6. The number of carbonyl (C=O) groups excluding carboxylic acids is 1. The first kappa shape index (κ1) is 19.5. The smallest absolute Gasteiger partial charge is 0.272 e. The standard InChI is InChI=1S/C22H31N3O2/c1-15-8-5-6-9-19(15)27-13-7-12-23-21(26)20-17-14-16(22(2,3)4)10-11-18(17)24-25-20/h5-6,8-9,16H,7,10-14H2,1-4H3,(H,23,26)(H,24,25). The molecule has 27 heavy (non-hydrogen) atoms. The van der Waals surface area contributed by atoms with Gasteiger partial charge in [0.15, 0.2) is 5.69 Å². The predicted molar refractivity (Wildman–Crippen MR) is 107 cm³/mol. The Labute approximate surface area is 161 Å². The SMILES string of the molecule is Cc1ccccc1OCCCNC(=O)c1n[nH]c2c1CC(C(C)(C)C)CC2. The van der Waals surface area contributed by atoms with Crippen molar-refractivity contribution in [2.45, 2.75) is 53.4 Å². The second-order valence-electron chi connectivity index (χ2n) is 8.56. The molecule has 1 atom stereocenters. The number of H-pyrrole nitrogens is 1. The van der Waals surface area contributed by atoms with Crippen LogP contribution in [-0.4, -0.2) is 29.3 Å². The third-order valence-corrected chi connectivity index (χ3v) is 5.54. The molecule has 1 aromatic carbocycles. The Bertz CT molecular complexity index is 789. The number of nitrogens with one attached hydrogen (secondary N) is 2. The molecule has 0 radical (unpaired) electrons. The van der Waals surface area contributed by atoms with E-state index in [2.05, 4.69) is 36.3 Å². The number of aromatic nitrogens is 2. The number of para-hydroxylation sites is 1. The van der Waals surface area contributed by atoms with Crippen LogP contribution in [-0.2, 0) is 12.8 Å². The normalized spacial score (nSPS) is 16.7. The summed E-state index contributed by atoms with van der Waals surface area (Å²) in [6.45, 7) is 10.0. The van der Waals surface area contributed by atoms with E-state index in [1.807, 2.05) is 31.2 Å². The fraction of sp³-hybridized carbons (Fsp3) is 0.545. The van der Waals surface area contributed by atoms with Crippen LogP contribution in [0.4, 0.5) is 0 Å². The predicted octanol–water partition coefficient (Wildman–Crippen LogP) is 4.07. The monoisotopic (exact) mass is 369 g/mol. The Morgan fingerprint density at radius 1 is 1.33 bits per heavy atom. The van der Waals surface area contributed by atoms with Crippen molar-refractivity contribution in [3.8, 4) is 5.75 Å². The molecule has 0 saturated carbocycles. The summed E-state index contributed by atoms with van der Waals surface area (Å²) in [5.41, 5.74) is 4.17. The van der Waals surface area contributed by atoms with Gasteiger partial charge < -0.3 is 10.1 Å². The first-order valence-electron chi connectivity index (χ1n) is 9.89. The summed E-state index contributed by atoms with van der Waals surface area (Å²) in [5, 5.41) is 10.4. The summed E-state index contributed by atoms with van der Waals surface area (Å²) in [7, 11) is 0. The Morgan fingerprint density at radius 2 is 2.11 bits per heavy atom. The lowest BCUT2D eigenvalue weighted by molar-refractivity contribution is 0.0944. The molecule has 2 aromatic rings. The quantitative estimate of drug-likeness (QED) is 0.754. The Balaban J connectivity index is 1.50. The van der Waals surface area contributed by atoms with Gasteiger partial charge >= 0.3 is 0 Å². The van der Waals surface area contributed by atoms with Crippen molar-refractivity contribution in [2.75, 3.05) is 13.2 Å². The molecule has 1 amide bonds. The molecule has 1 aliphatic rings. The van der Waals surface area contributed by atoms with Crippen LogP contribution in [0.3, 0.4) is 0 Å². The van der Waals surface area contributed by atoms with E-state index in [9.17, 15) is 4.79 Å². The minimum absolute atomic E-state index is 0.0852. The highest BCUT2D eigenvalue weighted by atomic mass is 16.5. The van der Waals surface area contributed by atoms with Crippen molar-refractivity contribution >= 4 is 5.91 Å². The number of aromatic amines is 1. The maximum absolute atomic E-state index is 12.6. The van der Waals surface area contributed by atoms with Gasteiger partial charge in [0.25, 0.3) is 5.91 Å². The number of hydrogen-bond donors (Lipinski definition) is 2. The molecule has 0 saturated heterocycles. The zero-order valence-corrected chi connectivity index (χ0v) is 16.9. The van der Waals surface area contributed by atoms with Gasteiger partial charge in [-0.1, -0.05) is 39.0 Å². The molecule has 0 spiro atoms. The van der Waals surface area contributed by atoms with Crippen molar-refractivity contribution in [3.05, 3.63) is 46.8 Å². The van der Waals surface area contributed by atoms with E-state index in [0.29, 0.717) is 24.8 Å². The van der Waals surface area contributed by atoms with Crippen molar-refractivity contribution in [3.63, 3.8) is 0 Å². The van der Waals surface area contributed by atoms with Crippen molar-refractivity contribution in [2.24, 2.45) is 11.3 Å². The number of ether oxygens (including phenoxy) is 1. The van der Waals surface area contributed by atoms with Crippen LogP contribution in [0.2, 0.25) is 0 Å². The average Bonchev–Trinajstić information content (AvgIpc) is 3.05. The Morgan fingerprint density at radius 3 is 2.85 bits per heavy atom. The van der Waals surface area contributed by atoms with E-state index in [1.165, 1.54) is 0 Å². The van der Waals surface area contributed by atoms with E-state index in [4.69, 9.17) is 4.74 Å². The number of hydrogen-bond acceptors (Lipinski definition) is 3. The van der Waals surface area contributed by atoms with Gasteiger partial charge in [0.1, 0.15) is 5.75 Å².